The van der Waals surface area contributed by atoms with Crippen molar-refractivity contribution in [3.8, 4) is 5.75 Å². The number of hydrogen-bond acceptors (Lipinski definition) is 5. The molecular formula is C26H29N3O4. The Bertz CT molecular complexity index is 1120. The van der Waals surface area contributed by atoms with Crippen LogP contribution in [-0.4, -0.2) is 28.0 Å². The van der Waals surface area contributed by atoms with E-state index in [9.17, 15) is 9.59 Å². The fraction of sp³-hybridized carbons (Fsp3) is 0.346. The highest BCUT2D eigenvalue weighted by Crippen LogP contribution is 2.27. The predicted molar refractivity (Wildman–Crippen MR) is 125 cm³/mol. The Kier molecular flexibility index (Phi) is 7.19. The van der Waals surface area contributed by atoms with Crippen LogP contribution < -0.4 is 15.5 Å². The number of ether oxygens (including phenoxy) is 1. The third kappa shape index (κ3) is 5.49. The number of para-hydroxylation sites is 1. The molecule has 2 aromatic carbocycles. The lowest BCUT2D eigenvalue weighted by atomic mass is 9.83. The quantitative estimate of drug-likeness (QED) is 0.370. The Hall–Kier alpha value is -3.45. The molecule has 0 radical (unpaired) electrons. The molecule has 1 aliphatic carbocycles. The Balaban J connectivity index is 1.41. The van der Waals surface area contributed by atoms with E-state index in [1.807, 2.05) is 37.3 Å². The van der Waals surface area contributed by atoms with Gasteiger partial charge in [0.25, 0.3) is 11.8 Å². The molecule has 7 heteroatoms. The van der Waals surface area contributed by atoms with Gasteiger partial charge in [0, 0.05) is 22.2 Å². The zero-order chi connectivity index (χ0) is 23.2. The van der Waals surface area contributed by atoms with Gasteiger partial charge in [-0.05, 0) is 62.1 Å². The zero-order valence-corrected chi connectivity index (χ0v) is 18.7. The summed E-state index contributed by atoms with van der Waals surface area (Å²) in [4.78, 5) is 29.5. The van der Waals surface area contributed by atoms with Crippen LogP contribution in [0, 0.1) is 12.8 Å². The molecule has 1 heterocycles. The first-order valence-corrected chi connectivity index (χ1v) is 11.4. The van der Waals surface area contributed by atoms with E-state index in [1.165, 1.54) is 0 Å². The van der Waals surface area contributed by atoms with E-state index < -0.39 is 11.9 Å². The minimum absolute atomic E-state index is 0.0242. The molecule has 0 bridgehead atoms. The Morgan fingerprint density at radius 3 is 2.55 bits per heavy atom. The number of aryl methyl sites for hydroxylation is 1. The molecule has 1 aliphatic rings. The van der Waals surface area contributed by atoms with Gasteiger partial charge < -0.3 is 10.1 Å². The molecule has 172 valence electrons. The van der Waals surface area contributed by atoms with Crippen LogP contribution >= 0.6 is 0 Å². The van der Waals surface area contributed by atoms with Crippen molar-refractivity contribution in [2.24, 2.45) is 5.92 Å². The van der Waals surface area contributed by atoms with Crippen LogP contribution in [0.1, 0.15) is 53.7 Å². The van der Waals surface area contributed by atoms with E-state index in [0.717, 1.165) is 54.3 Å². The first-order chi connectivity index (χ1) is 16.0. The maximum atomic E-state index is 12.8. The van der Waals surface area contributed by atoms with Gasteiger partial charge in [0.2, 0.25) is 0 Å². The van der Waals surface area contributed by atoms with E-state index in [2.05, 4.69) is 10.3 Å². The van der Waals surface area contributed by atoms with Crippen molar-refractivity contribution in [1.29, 1.82) is 0 Å². The molecule has 3 aromatic rings. The highest BCUT2D eigenvalue weighted by Gasteiger charge is 2.31. The molecule has 0 aliphatic heterocycles. The van der Waals surface area contributed by atoms with Crippen molar-refractivity contribution in [2.75, 3.05) is 0 Å². The van der Waals surface area contributed by atoms with Crippen molar-refractivity contribution in [3.05, 3.63) is 71.4 Å². The van der Waals surface area contributed by atoms with E-state index >= 15 is 0 Å². The second-order valence-corrected chi connectivity index (χ2v) is 8.58. The third-order valence-corrected chi connectivity index (χ3v) is 6.24. The lowest BCUT2D eigenvalue weighted by Crippen LogP contribution is -2.50. The number of aromatic nitrogens is 1. The largest absolute Gasteiger partial charge is 0.489 e. The highest BCUT2D eigenvalue weighted by atomic mass is 16.5. The highest BCUT2D eigenvalue weighted by molar-refractivity contribution is 5.97. The second-order valence-electron chi connectivity index (χ2n) is 8.58. The third-order valence-electron chi connectivity index (χ3n) is 6.24. The maximum absolute atomic E-state index is 12.8. The van der Waals surface area contributed by atoms with Gasteiger partial charge in [0.15, 0.2) is 0 Å². The molecule has 1 aromatic heterocycles. The zero-order valence-electron chi connectivity index (χ0n) is 18.7. The molecule has 7 nitrogen and oxygen atoms in total. The van der Waals surface area contributed by atoms with Crippen LogP contribution in [0.2, 0.25) is 0 Å². The van der Waals surface area contributed by atoms with Gasteiger partial charge in [-0.15, -0.1) is 0 Å². The number of amides is 2. The first-order valence-electron chi connectivity index (χ1n) is 11.4. The summed E-state index contributed by atoms with van der Waals surface area (Å²) in [5.74, 6) is -0.260. The molecular weight excluding hydrogens is 418 g/mol. The number of nitrogens with zero attached hydrogens (tertiary/aromatic N) is 1. The molecule has 1 fully saturated rings. The molecule has 1 saturated carbocycles. The summed E-state index contributed by atoms with van der Waals surface area (Å²) >= 11 is 0. The maximum Gasteiger partial charge on any atom is 0.266 e. The van der Waals surface area contributed by atoms with Crippen LogP contribution in [-0.2, 0) is 11.4 Å². The van der Waals surface area contributed by atoms with Gasteiger partial charge in [-0.1, -0.05) is 37.5 Å². The van der Waals surface area contributed by atoms with Gasteiger partial charge in [-0.25, -0.2) is 5.48 Å². The van der Waals surface area contributed by atoms with Crippen molar-refractivity contribution >= 4 is 22.7 Å². The summed E-state index contributed by atoms with van der Waals surface area (Å²) in [5, 5.41) is 13.0. The Morgan fingerprint density at radius 1 is 1.09 bits per heavy atom. The van der Waals surface area contributed by atoms with Crippen LogP contribution in [0.5, 0.6) is 5.75 Å². The summed E-state index contributed by atoms with van der Waals surface area (Å²) in [5.41, 5.74) is 5.04. The number of rotatable bonds is 7. The average molecular weight is 448 g/mol. The molecule has 3 N–H and O–H groups in total. The van der Waals surface area contributed by atoms with Gasteiger partial charge in [0.05, 0.1) is 5.52 Å². The number of benzene rings is 2. The van der Waals surface area contributed by atoms with E-state index in [1.54, 1.807) is 29.7 Å². The SMILES string of the molecule is Cc1cc(COc2ccc(C(=O)NC(C(=O)NO)C3CCCCC3)cc2)c2ccccc2n1. The summed E-state index contributed by atoms with van der Waals surface area (Å²) in [7, 11) is 0. The van der Waals surface area contributed by atoms with Crippen molar-refractivity contribution in [2.45, 2.75) is 51.7 Å². The molecule has 33 heavy (non-hydrogen) atoms. The summed E-state index contributed by atoms with van der Waals surface area (Å²) in [6.45, 7) is 2.34. The van der Waals surface area contributed by atoms with Crippen LogP contribution in [0.4, 0.5) is 0 Å². The van der Waals surface area contributed by atoms with Crippen LogP contribution in [0.25, 0.3) is 10.9 Å². The topological polar surface area (TPSA) is 101 Å². The lowest BCUT2D eigenvalue weighted by Gasteiger charge is -2.29. The number of nitrogens with one attached hydrogen (secondary N) is 2. The van der Waals surface area contributed by atoms with Crippen molar-refractivity contribution in [1.82, 2.24) is 15.8 Å². The molecule has 1 atom stereocenters. The number of pyridine rings is 1. The number of carbonyl (C=O) groups excluding carboxylic acids is 2. The van der Waals surface area contributed by atoms with E-state index in [4.69, 9.17) is 9.94 Å². The Morgan fingerprint density at radius 2 is 1.82 bits per heavy atom. The van der Waals surface area contributed by atoms with Crippen LogP contribution in [0.3, 0.4) is 0 Å². The predicted octanol–water partition coefficient (Wildman–Crippen LogP) is 4.31. The molecule has 1 unspecified atom stereocenters. The Labute approximate surface area is 193 Å². The first kappa shape index (κ1) is 22.7. The average Bonchev–Trinajstić information content (AvgIpc) is 2.86. The van der Waals surface area contributed by atoms with E-state index in [-0.39, 0.29) is 11.8 Å². The van der Waals surface area contributed by atoms with Gasteiger partial charge in [-0.3, -0.25) is 19.8 Å². The number of hydroxylamine groups is 1. The number of fused-ring (bicyclic) bond motifs is 1. The lowest BCUT2D eigenvalue weighted by molar-refractivity contribution is -0.132. The fourth-order valence-electron chi connectivity index (χ4n) is 4.54. The summed E-state index contributed by atoms with van der Waals surface area (Å²) in [6, 6.07) is 16.1. The fourth-order valence-corrected chi connectivity index (χ4v) is 4.54. The molecule has 2 amide bonds. The number of carbonyl (C=O) groups is 2. The van der Waals surface area contributed by atoms with Crippen molar-refractivity contribution in [3.63, 3.8) is 0 Å². The summed E-state index contributed by atoms with van der Waals surface area (Å²) < 4.78 is 5.97. The normalized spacial score (nSPS) is 15.1. The monoisotopic (exact) mass is 447 g/mol. The minimum atomic E-state index is -0.748. The number of hydrogen-bond donors (Lipinski definition) is 3. The van der Waals surface area contributed by atoms with Crippen LogP contribution in [0.15, 0.2) is 54.6 Å². The molecule has 0 saturated heterocycles. The summed E-state index contributed by atoms with van der Waals surface area (Å²) in [6.07, 6.45) is 4.89. The van der Waals surface area contributed by atoms with Gasteiger partial charge in [0.1, 0.15) is 18.4 Å². The smallest absolute Gasteiger partial charge is 0.266 e. The minimum Gasteiger partial charge on any atom is -0.489 e. The van der Waals surface area contributed by atoms with E-state index in [0.29, 0.717) is 17.9 Å². The second kappa shape index (κ2) is 10.4. The molecule has 4 rings (SSSR count). The molecule has 0 spiro atoms. The standard InChI is InChI=1S/C26H29N3O4/c1-17-15-20(22-9-5-6-10-23(22)27-17)16-33-21-13-11-19(12-14-21)25(30)28-24(26(31)29-32)18-7-3-2-4-8-18/h5-6,9-15,18,24,32H,2-4,7-8,16H2,1H3,(H,28,30)(H,29,31). The van der Waals surface area contributed by atoms with Gasteiger partial charge >= 0.3 is 0 Å². The van der Waals surface area contributed by atoms with Crippen molar-refractivity contribution < 1.29 is 19.5 Å². The van der Waals surface area contributed by atoms with Gasteiger partial charge in [-0.2, -0.15) is 0 Å².